The minimum atomic E-state index is 0.253. The number of benzene rings is 1. The zero-order valence-electron chi connectivity index (χ0n) is 12.9. The van der Waals surface area contributed by atoms with E-state index in [2.05, 4.69) is 60.0 Å². The van der Waals surface area contributed by atoms with Crippen LogP contribution in [0.1, 0.15) is 49.0 Å². The molecule has 0 radical (unpaired) electrons. The third-order valence-corrected chi connectivity index (χ3v) is 6.12. The fraction of sp³-hybridized carbons (Fsp3) is 0.333. The Hall–Kier alpha value is -1.60. The van der Waals surface area contributed by atoms with Crippen molar-refractivity contribution in [3.05, 3.63) is 70.4 Å². The van der Waals surface area contributed by atoms with E-state index in [1.54, 1.807) is 11.1 Å². The highest BCUT2D eigenvalue weighted by molar-refractivity contribution is 7.11. The van der Waals surface area contributed by atoms with Gasteiger partial charge < -0.3 is 0 Å². The van der Waals surface area contributed by atoms with Crippen molar-refractivity contribution < 1.29 is 0 Å². The number of hydrogen-bond acceptors (Lipinski definition) is 1. The van der Waals surface area contributed by atoms with E-state index >= 15 is 0 Å². The zero-order valence-corrected chi connectivity index (χ0v) is 13.7. The van der Waals surface area contributed by atoms with Crippen molar-refractivity contribution in [2.75, 3.05) is 0 Å². The molecule has 1 aromatic carbocycles. The minimum absolute atomic E-state index is 0.253. The van der Waals surface area contributed by atoms with Gasteiger partial charge in [-0.15, -0.1) is 11.3 Å². The molecule has 2 aliphatic rings. The fourth-order valence-electron chi connectivity index (χ4n) is 4.28. The van der Waals surface area contributed by atoms with Gasteiger partial charge in [0, 0.05) is 10.3 Å². The molecule has 22 heavy (non-hydrogen) atoms. The predicted octanol–water partition coefficient (Wildman–Crippen LogP) is 6.57. The van der Waals surface area contributed by atoms with Crippen molar-refractivity contribution in [2.24, 2.45) is 5.41 Å². The summed E-state index contributed by atoms with van der Waals surface area (Å²) in [5.74, 6) is 0. The van der Waals surface area contributed by atoms with Gasteiger partial charge in [0.15, 0.2) is 0 Å². The molecule has 2 aliphatic carbocycles. The first-order valence-corrected chi connectivity index (χ1v) is 9.29. The van der Waals surface area contributed by atoms with Gasteiger partial charge >= 0.3 is 0 Å². The molecule has 0 unspecified atom stereocenters. The summed E-state index contributed by atoms with van der Waals surface area (Å²) in [6.45, 7) is 0. The van der Waals surface area contributed by atoms with E-state index in [0.29, 0.717) is 0 Å². The van der Waals surface area contributed by atoms with E-state index in [1.807, 2.05) is 11.3 Å². The summed E-state index contributed by atoms with van der Waals surface area (Å²) in [5.41, 5.74) is 4.86. The average Bonchev–Trinajstić information content (AvgIpc) is 3.11. The first-order valence-electron chi connectivity index (χ1n) is 8.41. The van der Waals surface area contributed by atoms with E-state index in [-0.39, 0.29) is 5.41 Å². The smallest absolute Gasteiger partial charge is 0.0308 e. The van der Waals surface area contributed by atoms with Crippen LogP contribution >= 0.6 is 11.3 Å². The molecule has 0 saturated carbocycles. The maximum Gasteiger partial charge on any atom is 0.0308 e. The van der Waals surface area contributed by atoms with Crippen LogP contribution in [0.4, 0.5) is 0 Å². The Bertz CT molecular complexity index is 687. The molecule has 1 aromatic heterocycles. The lowest BCUT2D eigenvalue weighted by atomic mass is 9.61. The Kier molecular flexibility index (Phi) is 3.75. The van der Waals surface area contributed by atoms with Crippen LogP contribution in [0.5, 0.6) is 0 Å². The van der Waals surface area contributed by atoms with E-state index in [1.165, 1.54) is 49.0 Å². The van der Waals surface area contributed by atoms with Gasteiger partial charge in [0.05, 0.1) is 0 Å². The van der Waals surface area contributed by atoms with Gasteiger partial charge in [-0.2, -0.15) is 0 Å². The highest BCUT2D eigenvalue weighted by Gasteiger charge is 2.41. The second-order valence-corrected chi connectivity index (χ2v) is 7.39. The Morgan fingerprint density at radius 1 is 0.773 bits per heavy atom. The van der Waals surface area contributed by atoms with Crippen molar-refractivity contribution in [2.45, 2.75) is 38.5 Å². The average molecular weight is 306 g/mol. The topological polar surface area (TPSA) is 0 Å². The molecular formula is C21H22S. The maximum absolute atomic E-state index is 2.53. The molecule has 1 heteroatoms. The third kappa shape index (κ3) is 2.28. The highest BCUT2D eigenvalue weighted by atomic mass is 32.1. The summed E-state index contributed by atoms with van der Waals surface area (Å²) >= 11 is 1.90. The van der Waals surface area contributed by atoms with Gasteiger partial charge in [-0.25, -0.2) is 0 Å². The molecule has 0 nitrogen and oxygen atoms in total. The Morgan fingerprint density at radius 2 is 1.50 bits per heavy atom. The summed E-state index contributed by atoms with van der Waals surface area (Å²) in [6.07, 6.45) is 12.7. The standard InChI is InChI=1S/C21H22S/c1-2-9-17(10-3-1)18-11-4-6-14-21(18)15-7-5-12-19(21)20-13-8-16-22-20/h1-3,8-13,16H,4-7,14-15H2/t21-/m0/s1. The summed E-state index contributed by atoms with van der Waals surface area (Å²) in [6, 6.07) is 15.6. The Labute approximate surface area is 137 Å². The molecule has 4 rings (SSSR count). The molecule has 1 spiro atoms. The van der Waals surface area contributed by atoms with E-state index < -0.39 is 0 Å². The summed E-state index contributed by atoms with van der Waals surface area (Å²) in [7, 11) is 0. The molecule has 112 valence electrons. The Morgan fingerprint density at radius 3 is 2.18 bits per heavy atom. The molecule has 0 bridgehead atoms. The van der Waals surface area contributed by atoms with Crippen molar-refractivity contribution >= 4 is 22.5 Å². The van der Waals surface area contributed by atoms with Crippen LogP contribution in [0.25, 0.3) is 11.1 Å². The van der Waals surface area contributed by atoms with E-state index in [0.717, 1.165) is 0 Å². The van der Waals surface area contributed by atoms with Crippen molar-refractivity contribution in [3.8, 4) is 0 Å². The summed E-state index contributed by atoms with van der Waals surface area (Å²) < 4.78 is 0. The molecule has 2 aromatic rings. The molecule has 0 saturated heterocycles. The van der Waals surface area contributed by atoms with Gasteiger partial charge in [-0.1, -0.05) is 48.6 Å². The molecule has 1 heterocycles. The van der Waals surface area contributed by atoms with Gasteiger partial charge in [-0.05, 0) is 66.7 Å². The molecule has 0 N–H and O–H groups in total. The van der Waals surface area contributed by atoms with Gasteiger partial charge in [0.1, 0.15) is 0 Å². The molecule has 1 atom stereocenters. The second kappa shape index (κ2) is 5.89. The van der Waals surface area contributed by atoms with Crippen LogP contribution < -0.4 is 0 Å². The number of thiophene rings is 1. The number of allylic oxidation sites excluding steroid dienone is 4. The van der Waals surface area contributed by atoms with Crippen LogP contribution in [-0.4, -0.2) is 0 Å². The van der Waals surface area contributed by atoms with Crippen LogP contribution in [-0.2, 0) is 0 Å². The van der Waals surface area contributed by atoms with Gasteiger partial charge in [-0.3, -0.25) is 0 Å². The molecule has 0 amide bonds. The molecule has 0 fully saturated rings. The minimum Gasteiger partial charge on any atom is -0.144 e. The van der Waals surface area contributed by atoms with Crippen LogP contribution in [0.15, 0.2) is 60.0 Å². The fourth-order valence-corrected chi connectivity index (χ4v) is 5.15. The lowest BCUT2D eigenvalue weighted by Gasteiger charge is -2.43. The lowest BCUT2D eigenvalue weighted by Crippen LogP contribution is -2.28. The van der Waals surface area contributed by atoms with Crippen LogP contribution in [0.2, 0.25) is 0 Å². The van der Waals surface area contributed by atoms with E-state index in [9.17, 15) is 0 Å². The molecule has 0 aliphatic heterocycles. The quantitative estimate of drug-likeness (QED) is 0.588. The van der Waals surface area contributed by atoms with Gasteiger partial charge in [0.2, 0.25) is 0 Å². The number of rotatable bonds is 2. The van der Waals surface area contributed by atoms with Crippen molar-refractivity contribution in [1.29, 1.82) is 0 Å². The maximum atomic E-state index is 2.53. The van der Waals surface area contributed by atoms with Crippen LogP contribution in [0, 0.1) is 5.41 Å². The number of hydrogen-bond donors (Lipinski definition) is 0. The van der Waals surface area contributed by atoms with E-state index in [4.69, 9.17) is 0 Å². The summed E-state index contributed by atoms with van der Waals surface area (Å²) in [4.78, 5) is 1.48. The van der Waals surface area contributed by atoms with Crippen molar-refractivity contribution in [1.82, 2.24) is 0 Å². The molecular weight excluding hydrogens is 284 g/mol. The first kappa shape index (κ1) is 14.0. The lowest BCUT2D eigenvalue weighted by molar-refractivity contribution is 0.397. The Balaban J connectivity index is 1.86. The van der Waals surface area contributed by atoms with Crippen molar-refractivity contribution in [3.63, 3.8) is 0 Å². The first-order chi connectivity index (χ1) is 10.9. The van der Waals surface area contributed by atoms with Gasteiger partial charge in [0.25, 0.3) is 0 Å². The normalized spacial score (nSPS) is 24.9. The predicted molar refractivity (Wildman–Crippen MR) is 96.9 cm³/mol. The second-order valence-electron chi connectivity index (χ2n) is 6.45. The highest BCUT2D eigenvalue weighted by Crippen LogP contribution is 2.57. The zero-order chi connectivity index (χ0) is 14.8. The van der Waals surface area contributed by atoms with Crippen LogP contribution in [0.3, 0.4) is 0 Å². The largest absolute Gasteiger partial charge is 0.144 e. The monoisotopic (exact) mass is 306 g/mol. The third-order valence-electron chi connectivity index (χ3n) is 5.21. The summed E-state index contributed by atoms with van der Waals surface area (Å²) in [5, 5.41) is 2.22. The SMILES string of the molecule is C1=C(c2ccccc2)[C@]2(CCC1)CCCC=C2c1cccs1.